The first kappa shape index (κ1) is 14.2. The number of rotatable bonds is 6. The van der Waals surface area contributed by atoms with E-state index in [1.165, 1.54) is 11.8 Å². The van der Waals surface area contributed by atoms with Crippen molar-refractivity contribution in [2.75, 3.05) is 12.4 Å². The van der Waals surface area contributed by atoms with E-state index in [4.69, 9.17) is 4.74 Å². The fraction of sp³-hybridized carbons (Fsp3) is 0.636. The maximum atomic E-state index is 11.4. The molecule has 0 radical (unpaired) electrons. The molecular weight excluding hydrogens is 212 g/mol. The third-order valence-corrected chi connectivity index (χ3v) is 2.98. The highest BCUT2D eigenvalue weighted by molar-refractivity contribution is 8.13. The average molecular weight is 230 g/mol. The van der Waals surface area contributed by atoms with Crippen molar-refractivity contribution in [3.8, 4) is 0 Å². The minimum Gasteiger partial charge on any atom is -0.461 e. The average Bonchev–Trinajstić information content (AvgIpc) is 2.22. The number of carbonyl (C=O) groups is 2. The third kappa shape index (κ3) is 6.33. The quantitative estimate of drug-likeness (QED) is 0.399. The highest BCUT2D eigenvalue weighted by Gasteiger charge is 2.11. The van der Waals surface area contributed by atoms with E-state index in [0.29, 0.717) is 11.3 Å². The second-order valence-corrected chi connectivity index (χ2v) is 4.49. The number of hydrogen-bond donors (Lipinski definition) is 0. The summed E-state index contributed by atoms with van der Waals surface area (Å²) >= 11 is 1.22. The zero-order valence-corrected chi connectivity index (χ0v) is 10.4. The molecule has 0 fully saturated rings. The van der Waals surface area contributed by atoms with Crippen molar-refractivity contribution in [1.29, 1.82) is 0 Å². The van der Waals surface area contributed by atoms with Crippen LogP contribution in [0, 0.1) is 5.92 Å². The number of thioether (sulfide) groups is 1. The Morgan fingerprint density at radius 2 is 2.07 bits per heavy atom. The molecule has 4 heteroatoms. The summed E-state index contributed by atoms with van der Waals surface area (Å²) in [5.74, 6) is 0.195. The third-order valence-electron chi connectivity index (χ3n) is 1.92. The van der Waals surface area contributed by atoms with E-state index < -0.39 is 5.97 Å². The lowest BCUT2D eigenvalue weighted by atomic mass is 10.1. The van der Waals surface area contributed by atoms with Crippen molar-refractivity contribution in [1.82, 2.24) is 0 Å². The Bertz CT molecular complexity index is 248. The fourth-order valence-electron chi connectivity index (χ4n) is 0.709. The van der Waals surface area contributed by atoms with Crippen LogP contribution in [0.1, 0.15) is 27.2 Å². The normalized spacial score (nSPS) is 11.9. The van der Waals surface area contributed by atoms with Crippen LogP contribution in [0.3, 0.4) is 0 Å². The zero-order valence-electron chi connectivity index (χ0n) is 9.54. The molecule has 0 saturated carbocycles. The van der Waals surface area contributed by atoms with E-state index in [2.05, 4.69) is 6.58 Å². The van der Waals surface area contributed by atoms with Crippen molar-refractivity contribution < 1.29 is 14.3 Å². The van der Waals surface area contributed by atoms with Crippen LogP contribution >= 0.6 is 11.8 Å². The summed E-state index contributed by atoms with van der Waals surface area (Å²) < 4.78 is 4.86. The molecule has 0 aliphatic rings. The van der Waals surface area contributed by atoms with Crippen molar-refractivity contribution >= 4 is 22.8 Å². The van der Waals surface area contributed by atoms with Crippen LogP contribution in [0.25, 0.3) is 0 Å². The Morgan fingerprint density at radius 1 is 1.47 bits per heavy atom. The monoisotopic (exact) mass is 230 g/mol. The van der Waals surface area contributed by atoms with E-state index in [1.807, 2.05) is 13.8 Å². The van der Waals surface area contributed by atoms with Gasteiger partial charge in [0.1, 0.15) is 6.61 Å². The Morgan fingerprint density at radius 3 is 2.53 bits per heavy atom. The molecule has 15 heavy (non-hydrogen) atoms. The van der Waals surface area contributed by atoms with Gasteiger partial charge in [-0.2, -0.15) is 0 Å². The van der Waals surface area contributed by atoms with Gasteiger partial charge in [-0.15, -0.1) is 0 Å². The maximum absolute atomic E-state index is 11.4. The minimum absolute atomic E-state index is 0.0758. The van der Waals surface area contributed by atoms with Gasteiger partial charge in [0.15, 0.2) is 5.12 Å². The molecule has 0 aromatic heterocycles. The molecule has 0 aliphatic heterocycles. The summed E-state index contributed by atoms with van der Waals surface area (Å²) in [6.45, 7) is 9.20. The molecule has 0 amide bonds. The molecule has 0 bridgehead atoms. The first-order chi connectivity index (χ1) is 6.99. The van der Waals surface area contributed by atoms with Crippen molar-refractivity contribution in [3.63, 3.8) is 0 Å². The minimum atomic E-state index is -0.397. The van der Waals surface area contributed by atoms with E-state index in [-0.39, 0.29) is 17.6 Å². The lowest BCUT2D eigenvalue weighted by molar-refractivity contribution is -0.138. The highest BCUT2D eigenvalue weighted by atomic mass is 32.2. The molecule has 0 spiro atoms. The van der Waals surface area contributed by atoms with Crippen LogP contribution in [-0.4, -0.2) is 23.4 Å². The Balaban J connectivity index is 3.59. The number of ether oxygens (including phenoxy) is 1. The maximum Gasteiger partial charge on any atom is 0.333 e. The molecule has 0 aliphatic carbocycles. The van der Waals surface area contributed by atoms with E-state index >= 15 is 0 Å². The van der Waals surface area contributed by atoms with Crippen LogP contribution in [0.5, 0.6) is 0 Å². The van der Waals surface area contributed by atoms with Crippen LogP contribution in [0.4, 0.5) is 0 Å². The second-order valence-electron chi connectivity index (χ2n) is 3.39. The van der Waals surface area contributed by atoms with Crippen LogP contribution in [0.15, 0.2) is 12.2 Å². The molecule has 0 N–H and O–H groups in total. The summed E-state index contributed by atoms with van der Waals surface area (Å²) in [6, 6.07) is 0. The number of hydrogen-bond acceptors (Lipinski definition) is 4. The molecule has 1 atom stereocenters. The second kappa shape index (κ2) is 7.51. The SMILES string of the molecule is C=C(C)C(=O)OCCSC(=O)C(C)CC. The van der Waals surface area contributed by atoms with Crippen LogP contribution < -0.4 is 0 Å². The fourth-order valence-corrected chi connectivity index (χ4v) is 1.53. The van der Waals surface area contributed by atoms with Gasteiger partial charge >= 0.3 is 5.97 Å². The first-order valence-electron chi connectivity index (χ1n) is 4.98. The van der Waals surface area contributed by atoms with Gasteiger partial charge in [-0.05, 0) is 13.3 Å². The summed E-state index contributed by atoms with van der Waals surface area (Å²) in [5, 5.41) is 0.156. The predicted molar refractivity (Wildman–Crippen MR) is 62.7 cm³/mol. The molecule has 0 heterocycles. The Labute approximate surface area is 95.3 Å². The predicted octanol–water partition coefficient (Wildman–Crippen LogP) is 2.41. The van der Waals surface area contributed by atoms with Gasteiger partial charge in [0.25, 0.3) is 0 Å². The summed E-state index contributed by atoms with van der Waals surface area (Å²) in [4.78, 5) is 22.3. The smallest absolute Gasteiger partial charge is 0.333 e. The molecule has 1 unspecified atom stereocenters. The molecular formula is C11H18O3S. The molecule has 0 aromatic carbocycles. The van der Waals surface area contributed by atoms with E-state index in [1.54, 1.807) is 6.92 Å². The summed E-state index contributed by atoms with van der Waals surface area (Å²) in [5.41, 5.74) is 0.383. The van der Waals surface area contributed by atoms with Gasteiger partial charge in [-0.1, -0.05) is 32.2 Å². The van der Waals surface area contributed by atoms with Crippen molar-refractivity contribution in [2.45, 2.75) is 27.2 Å². The van der Waals surface area contributed by atoms with Crippen molar-refractivity contribution in [3.05, 3.63) is 12.2 Å². The van der Waals surface area contributed by atoms with E-state index in [0.717, 1.165) is 6.42 Å². The highest BCUT2D eigenvalue weighted by Crippen LogP contribution is 2.13. The Hall–Kier alpha value is -0.770. The van der Waals surface area contributed by atoms with Gasteiger partial charge in [-0.3, -0.25) is 4.79 Å². The topological polar surface area (TPSA) is 43.4 Å². The number of esters is 1. The summed E-state index contributed by atoms with van der Waals surface area (Å²) in [6.07, 6.45) is 0.845. The lowest BCUT2D eigenvalue weighted by Crippen LogP contribution is -2.11. The van der Waals surface area contributed by atoms with Crippen molar-refractivity contribution in [2.24, 2.45) is 5.92 Å². The van der Waals surface area contributed by atoms with Gasteiger partial charge in [0.05, 0.1) is 0 Å². The van der Waals surface area contributed by atoms with Gasteiger partial charge < -0.3 is 4.74 Å². The first-order valence-corrected chi connectivity index (χ1v) is 5.96. The Kier molecular flexibility index (Phi) is 7.13. The van der Waals surface area contributed by atoms with Crippen LogP contribution in [-0.2, 0) is 14.3 Å². The zero-order chi connectivity index (χ0) is 11.8. The largest absolute Gasteiger partial charge is 0.461 e. The van der Waals surface area contributed by atoms with Gasteiger partial charge in [0, 0.05) is 17.2 Å². The van der Waals surface area contributed by atoms with Gasteiger partial charge in [0.2, 0.25) is 0 Å². The molecule has 0 rings (SSSR count). The summed E-state index contributed by atoms with van der Waals surface area (Å²) in [7, 11) is 0. The molecule has 0 saturated heterocycles. The molecule has 0 aromatic rings. The standard InChI is InChI=1S/C11H18O3S/c1-5-9(4)11(13)15-7-6-14-10(12)8(2)3/h9H,2,5-7H2,1,3-4H3. The molecule has 3 nitrogen and oxygen atoms in total. The van der Waals surface area contributed by atoms with E-state index in [9.17, 15) is 9.59 Å². The van der Waals surface area contributed by atoms with Gasteiger partial charge in [-0.25, -0.2) is 4.79 Å². The van der Waals surface area contributed by atoms with Crippen LogP contribution in [0.2, 0.25) is 0 Å². The lowest BCUT2D eigenvalue weighted by Gasteiger charge is -2.07. The molecule has 86 valence electrons. The number of carbonyl (C=O) groups excluding carboxylic acids is 2.